The molecular weight excluding hydrogens is 406 g/mol. The van der Waals surface area contributed by atoms with Crippen molar-refractivity contribution in [1.29, 1.82) is 0 Å². The molecule has 5 rings (SSSR count). The van der Waals surface area contributed by atoms with Gasteiger partial charge in [-0.2, -0.15) is 0 Å². The van der Waals surface area contributed by atoms with Gasteiger partial charge in [-0.1, -0.05) is 60.4 Å². The Morgan fingerprint density at radius 2 is 1.79 bits per heavy atom. The van der Waals surface area contributed by atoms with Crippen molar-refractivity contribution < 1.29 is 14.0 Å². The van der Waals surface area contributed by atoms with E-state index < -0.39 is 5.79 Å². The highest BCUT2D eigenvalue weighted by atomic mass is 35.5. The number of benzene rings is 2. The van der Waals surface area contributed by atoms with Crippen molar-refractivity contribution in [2.24, 2.45) is 0 Å². The number of hydrogen-bond donors (Lipinski definition) is 0. The van der Waals surface area contributed by atoms with E-state index in [9.17, 15) is 0 Å². The summed E-state index contributed by atoms with van der Waals surface area (Å²) in [6, 6.07) is 18.0. The SMILES string of the molecule is CC.Cc1cccc(-c2onc3ccc(C4(c5ccc(Cl)s5)OCCO4)cc23)c1. The molecule has 150 valence electrons. The number of aromatic nitrogens is 1. The number of rotatable bonds is 3. The molecule has 4 aromatic rings. The Bertz CT molecular complexity index is 1130. The molecule has 4 nitrogen and oxygen atoms in total. The number of aryl methyl sites for hydroxylation is 1. The second-order valence-corrected chi connectivity index (χ2v) is 8.25. The van der Waals surface area contributed by atoms with E-state index in [-0.39, 0.29) is 0 Å². The maximum atomic E-state index is 6.17. The maximum absolute atomic E-state index is 6.17. The molecule has 6 heteroatoms. The normalized spacial score (nSPS) is 15.3. The zero-order valence-electron chi connectivity index (χ0n) is 16.6. The number of ether oxygens (including phenoxy) is 2. The second kappa shape index (κ2) is 8.28. The molecule has 2 aromatic heterocycles. The highest BCUT2D eigenvalue weighted by Gasteiger charge is 2.42. The smallest absolute Gasteiger partial charge is 0.232 e. The number of thiophene rings is 1. The Balaban J connectivity index is 0.000000994. The van der Waals surface area contributed by atoms with E-state index in [1.807, 2.05) is 56.3 Å². The molecule has 0 amide bonds. The first-order chi connectivity index (χ1) is 14.2. The van der Waals surface area contributed by atoms with Crippen molar-refractivity contribution in [3.63, 3.8) is 0 Å². The molecule has 0 bridgehead atoms. The summed E-state index contributed by atoms with van der Waals surface area (Å²) in [6.07, 6.45) is 0. The van der Waals surface area contributed by atoms with Gasteiger partial charge in [-0.05, 0) is 37.3 Å². The van der Waals surface area contributed by atoms with Crippen molar-refractivity contribution in [1.82, 2.24) is 5.16 Å². The van der Waals surface area contributed by atoms with E-state index in [0.717, 1.165) is 32.7 Å². The number of nitrogens with zero attached hydrogens (tertiary/aromatic N) is 1. The summed E-state index contributed by atoms with van der Waals surface area (Å²) in [5.74, 6) is -0.194. The Hall–Kier alpha value is -2.18. The van der Waals surface area contributed by atoms with Gasteiger partial charge in [-0.25, -0.2) is 0 Å². The van der Waals surface area contributed by atoms with Crippen LogP contribution in [0.15, 0.2) is 59.1 Å². The Morgan fingerprint density at radius 3 is 2.48 bits per heavy atom. The Labute approximate surface area is 179 Å². The average Bonchev–Trinajstić information content (AvgIpc) is 3.48. The summed E-state index contributed by atoms with van der Waals surface area (Å²) in [4.78, 5) is 0.929. The van der Waals surface area contributed by atoms with Crippen LogP contribution in [0.2, 0.25) is 4.34 Å². The summed E-state index contributed by atoms with van der Waals surface area (Å²) < 4.78 is 18.6. The lowest BCUT2D eigenvalue weighted by Crippen LogP contribution is -2.27. The maximum Gasteiger partial charge on any atom is 0.232 e. The minimum absolute atomic E-state index is 0.530. The molecular formula is C23H22ClNO3S. The van der Waals surface area contributed by atoms with Crippen LogP contribution in [0, 0.1) is 6.92 Å². The zero-order chi connectivity index (χ0) is 20.4. The van der Waals surface area contributed by atoms with E-state index in [4.69, 9.17) is 25.6 Å². The van der Waals surface area contributed by atoms with Crippen LogP contribution in [0.3, 0.4) is 0 Å². The minimum atomic E-state index is -0.937. The van der Waals surface area contributed by atoms with Crippen LogP contribution < -0.4 is 0 Å². The van der Waals surface area contributed by atoms with Crippen molar-refractivity contribution in [3.8, 4) is 11.3 Å². The van der Waals surface area contributed by atoms with Crippen LogP contribution in [0.4, 0.5) is 0 Å². The molecule has 0 saturated carbocycles. The summed E-state index contributed by atoms with van der Waals surface area (Å²) in [7, 11) is 0. The van der Waals surface area contributed by atoms with Gasteiger partial charge in [0.25, 0.3) is 0 Å². The fourth-order valence-corrected chi connectivity index (χ4v) is 4.66. The summed E-state index contributed by atoms with van der Waals surface area (Å²) in [5.41, 5.74) is 3.87. The molecule has 1 aliphatic rings. The molecule has 2 aromatic carbocycles. The third-order valence-electron chi connectivity index (χ3n) is 4.73. The first kappa shape index (κ1) is 20.1. The molecule has 29 heavy (non-hydrogen) atoms. The molecule has 1 saturated heterocycles. The first-order valence-electron chi connectivity index (χ1n) is 9.66. The lowest BCUT2D eigenvalue weighted by Gasteiger charge is -2.26. The molecule has 0 radical (unpaired) electrons. The fraction of sp³-hybridized carbons (Fsp3) is 0.261. The van der Waals surface area contributed by atoms with Crippen LogP contribution in [0.5, 0.6) is 0 Å². The molecule has 0 spiro atoms. The third kappa shape index (κ3) is 3.60. The van der Waals surface area contributed by atoms with Crippen molar-refractivity contribution >= 4 is 33.8 Å². The van der Waals surface area contributed by atoms with Gasteiger partial charge in [-0.3, -0.25) is 0 Å². The van der Waals surface area contributed by atoms with Crippen molar-refractivity contribution in [3.05, 3.63) is 74.9 Å². The first-order valence-corrected chi connectivity index (χ1v) is 10.9. The molecule has 3 heterocycles. The van der Waals surface area contributed by atoms with E-state index in [0.29, 0.717) is 17.6 Å². The lowest BCUT2D eigenvalue weighted by molar-refractivity contribution is -0.127. The predicted octanol–water partition coefficient (Wildman–Crippen LogP) is 6.79. The second-order valence-electron chi connectivity index (χ2n) is 6.53. The quantitative estimate of drug-likeness (QED) is 0.361. The highest BCUT2D eigenvalue weighted by Crippen LogP contribution is 2.44. The van der Waals surface area contributed by atoms with Crippen LogP contribution in [0.1, 0.15) is 29.9 Å². The van der Waals surface area contributed by atoms with Crippen LogP contribution >= 0.6 is 22.9 Å². The summed E-state index contributed by atoms with van der Waals surface area (Å²) >= 11 is 7.63. The minimum Gasteiger partial charge on any atom is -0.355 e. The van der Waals surface area contributed by atoms with Crippen LogP contribution in [-0.2, 0) is 15.3 Å². The van der Waals surface area contributed by atoms with Gasteiger partial charge in [0.2, 0.25) is 5.79 Å². The standard InChI is InChI=1S/C21H16ClNO3S.C2H6/c1-13-3-2-4-14(11-13)20-16-12-15(5-6-17(16)23-26-20)21(24-9-10-25-21)18-7-8-19(22)27-18;1-2/h2-8,11-12H,9-10H2,1H3;1-2H3. The highest BCUT2D eigenvalue weighted by molar-refractivity contribution is 7.16. The molecule has 0 atom stereocenters. The van der Waals surface area contributed by atoms with Gasteiger partial charge >= 0.3 is 0 Å². The van der Waals surface area contributed by atoms with E-state index >= 15 is 0 Å². The van der Waals surface area contributed by atoms with Crippen LogP contribution in [-0.4, -0.2) is 18.4 Å². The molecule has 1 fully saturated rings. The van der Waals surface area contributed by atoms with Gasteiger partial charge in [-0.15, -0.1) is 11.3 Å². The molecule has 1 aliphatic heterocycles. The third-order valence-corrected chi connectivity index (χ3v) is 6.04. The monoisotopic (exact) mass is 427 g/mol. The fourth-order valence-electron chi connectivity index (χ4n) is 3.50. The zero-order valence-corrected chi connectivity index (χ0v) is 18.1. The van der Waals surface area contributed by atoms with Gasteiger partial charge < -0.3 is 14.0 Å². The van der Waals surface area contributed by atoms with E-state index in [1.54, 1.807) is 0 Å². The molecule has 0 unspecified atom stereocenters. The predicted molar refractivity (Wildman–Crippen MR) is 118 cm³/mol. The van der Waals surface area contributed by atoms with Crippen LogP contribution in [0.25, 0.3) is 22.2 Å². The van der Waals surface area contributed by atoms with Gasteiger partial charge in [0.15, 0.2) is 5.76 Å². The van der Waals surface area contributed by atoms with E-state index in [1.165, 1.54) is 16.9 Å². The van der Waals surface area contributed by atoms with Gasteiger partial charge in [0.05, 0.1) is 27.8 Å². The summed E-state index contributed by atoms with van der Waals surface area (Å²) in [6.45, 7) is 7.12. The Morgan fingerprint density at radius 1 is 1.00 bits per heavy atom. The summed E-state index contributed by atoms with van der Waals surface area (Å²) in [5, 5.41) is 5.15. The largest absolute Gasteiger partial charge is 0.355 e. The number of fused-ring (bicyclic) bond motifs is 1. The van der Waals surface area contributed by atoms with E-state index in [2.05, 4.69) is 24.2 Å². The molecule has 0 N–H and O–H groups in total. The average molecular weight is 428 g/mol. The van der Waals surface area contributed by atoms with Crippen molar-refractivity contribution in [2.45, 2.75) is 26.6 Å². The number of halogens is 1. The Kier molecular flexibility index (Phi) is 5.74. The topological polar surface area (TPSA) is 44.5 Å². The lowest BCUT2D eigenvalue weighted by atomic mass is 9.99. The van der Waals surface area contributed by atoms with Gasteiger partial charge in [0, 0.05) is 11.1 Å². The molecule has 0 aliphatic carbocycles. The van der Waals surface area contributed by atoms with Crippen molar-refractivity contribution in [2.75, 3.05) is 13.2 Å². The van der Waals surface area contributed by atoms with Gasteiger partial charge in [0.1, 0.15) is 5.52 Å². The number of hydrogen-bond acceptors (Lipinski definition) is 5.